The van der Waals surface area contributed by atoms with Gasteiger partial charge >= 0.3 is 0 Å². The fraction of sp³-hybridized carbons (Fsp3) is 0.143. The first kappa shape index (κ1) is 17.5. The van der Waals surface area contributed by atoms with Gasteiger partial charge in [-0.1, -0.05) is 36.4 Å². The minimum Gasteiger partial charge on any atom is -0.489 e. The van der Waals surface area contributed by atoms with Crippen molar-refractivity contribution in [1.82, 2.24) is 4.57 Å². The Morgan fingerprint density at radius 1 is 1.00 bits per heavy atom. The van der Waals surface area contributed by atoms with E-state index in [1.54, 1.807) is 49.5 Å². The Morgan fingerprint density at radius 2 is 1.73 bits per heavy atom. The van der Waals surface area contributed by atoms with Crippen molar-refractivity contribution in [3.8, 4) is 5.75 Å². The third-order valence-electron chi connectivity index (χ3n) is 3.91. The summed E-state index contributed by atoms with van der Waals surface area (Å²) in [5.74, 6) is 0.470. The summed E-state index contributed by atoms with van der Waals surface area (Å²) in [5.41, 5.74) is 2.20. The van der Waals surface area contributed by atoms with E-state index in [4.69, 9.17) is 4.74 Å². The lowest BCUT2D eigenvalue weighted by Crippen LogP contribution is -2.28. The van der Waals surface area contributed by atoms with Crippen molar-refractivity contribution in [3.05, 3.63) is 94.4 Å². The van der Waals surface area contributed by atoms with Crippen molar-refractivity contribution in [1.29, 1.82) is 0 Å². The second kappa shape index (κ2) is 8.16. The standard InChI is InChI=1S/C21H20N2O3/c1-16-6-5-13-23(21(16)25)14-20(24)22-18-9-11-19(12-10-18)26-15-17-7-3-2-4-8-17/h2-13H,14-15H2,1H3,(H,22,24). The lowest BCUT2D eigenvalue weighted by Gasteiger charge is -2.10. The Hall–Kier alpha value is -3.34. The molecule has 0 aliphatic carbocycles. The molecular weight excluding hydrogens is 328 g/mol. The van der Waals surface area contributed by atoms with Gasteiger partial charge in [0.2, 0.25) is 5.91 Å². The predicted molar refractivity (Wildman–Crippen MR) is 101 cm³/mol. The summed E-state index contributed by atoms with van der Waals surface area (Å²) in [6, 6.07) is 20.5. The molecule has 1 amide bonds. The van der Waals surface area contributed by atoms with E-state index in [9.17, 15) is 9.59 Å². The van der Waals surface area contributed by atoms with Crippen molar-refractivity contribution in [2.24, 2.45) is 0 Å². The van der Waals surface area contributed by atoms with Gasteiger partial charge in [0.15, 0.2) is 0 Å². The summed E-state index contributed by atoms with van der Waals surface area (Å²) < 4.78 is 7.11. The molecule has 1 N–H and O–H groups in total. The highest BCUT2D eigenvalue weighted by Gasteiger charge is 2.06. The van der Waals surface area contributed by atoms with Crippen molar-refractivity contribution in [2.75, 3.05) is 5.32 Å². The van der Waals surface area contributed by atoms with Crippen LogP contribution in [0.15, 0.2) is 77.7 Å². The number of hydrogen-bond donors (Lipinski definition) is 1. The van der Waals surface area contributed by atoms with Gasteiger partial charge in [0.05, 0.1) is 0 Å². The van der Waals surface area contributed by atoms with E-state index in [1.807, 2.05) is 30.3 Å². The van der Waals surface area contributed by atoms with Gasteiger partial charge in [-0.15, -0.1) is 0 Å². The van der Waals surface area contributed by atoms with Crippen LogP contribution < -0.4 is 15.6 Å². The molecule has 0 atom stereocenters. The van der Waals surface area contributed by atoms with Gasteiger partial charge in [0.1, 0.15) is 18.9 Å². The van der Waals surface area contributed by atoms with Gasteiger partial charge in [0.25, 0.3) is 5.56 Å². The molecule has 1 heterocycles. The van der Waals surface area contributed by atoms with Crippen LogP contribution >= 0.6 is 0 Å². The molecule has 2 aromatic carbocycles. The molecule has 0 aliphatic rings. The fourth-order valence-electron chi connectivity index (χ4n) is 2.51. The molecule has 0 fully saturated rings. The topological polar surface area (TPSA) is 60.3 Å². The Kier molecular flexibility index (Phi) is 5.49. The van der Waals surface area contributed by atoms with Gasteiger partial charge < -0.3 is 14.6 Å². The number of anilines is 1. The maximum absolute atomic E-state index is 12.1. The van der Waals surface area contributed by atoms with Crippen LogP contribution in [0.25, 0.3) is 0 Å². The number of pyridine rings is 1. The highest BCUT2D eigenvalue weighted by molar-refractivity contribution is 5.90. The summed E-state index contributed by atoms with van der Waals surface area (Å²) in [5, 5.41) is 2.78. The molecule has 0 spiro atoms. The zero-order valence-electron chi connectivity index (χ0n) is 14.5. The number of nitrogens with one attached hydrogen (secondary N) is 1. The highest BCUT2D eigenvalue weighted by atomic mass is 16.5. The minimum absolute atomic E-state index is 0.0211. The summed E-state index contributed by atoms with van der Waals surface area (Å²) in [7, 11) is 0. The molecular formula is C21H20N2O3. The minimum atomic E-state index is -0.254. The number of benzene rings is 2. The predicted octanol–water partition coefficient (Wildman–Crippen LogP) is 3.37. The normalized spacial score (nSPS) is 10.3. The van der Waals surface area contributed by atoms with Crippen LogP contribution in [0.4, 0.5) is 5.69 Å². The summed E-state index contributed by atoms with van der Waals surface area (Å²) >= 11 is 0. The number of rotatable bonds is 6. The molecule has 5 heteroatoms. The second-order valence-corrected chi connectivity index (χ2v) is 5.97. The van der Waals surface area contributed by atoms with E-state index in [0.29, 0.717) is 17.9 Å². The molecule has 0 radical (unpaired) electrons. The number of nitrogens with zero attached hydrogens (tertiary/aromatic N) is 1. The van der Waals surface area contributed by atoms with Crippen LogP contribution in [0, 0.1) is 6.92 Å². The van der Waals surface area contributed by atoms with Crippen LogP contribution in [-0.4, -0.2) is 10.5 Å². The van der Waals surface area contributed by atoms with E-state index in [0.717, 1.165) is 11.3 Å². The summed E-state index contributed by atoms with van der Waals surface area (Å²) in [6.07, 6.45) is 1.61. The highest BCUT2D eigenvalue weighted by Crippen LogP contribution is 2.17. The van der Waals surface area contributed by atoms with Crippen LogP contribution in [0.1, 0.15) is 11.1 Å². The largest absolute Gasteiger partial charge is 0.489 e. The molecule has 0 saturated heterocycles. The molecule has 3 rings (SSSR count). The van der Waals surface area contributed by atoms with Crippen molar-refractivity contribution in [3.63, 3.8) is 0 Å². The molecule has 132 valence electrons. The third-order valence-corrected chi connectivity index (χ3v) is 3.91. The average molecular weight is 348 g/mol. The lowest BCUT2D eigenvalue weighted by atomic mass is 10.2. The number of carbonyl (C=O) groups is 1. The maximum Gasteiger partial charge on any atom is 0.253 e. The molecule has 0 saturated carbocycles. The SMILES string of the molecule is Cc1cccn(CC(=O)Nc2ccc(OCc3ccccc3)cc2)c1=O. The van der Waals surface area contributed by atoms with Crippen LogP contribution in [0.2, 0.25) is 0 Å². The third kappa shape index (κ3) is 4.60. The van der Waals surface area contributed by atoms with E-state index < -0.39 is 0 Å². The second-order valence-electron chi connectivity index (χ2n) is 5.97. The van der Waals surface area contributed by atoms with Gasteiger partial charge in [-0.2, -0.15) is 0 Å². The average Bonchev–Trinajstić information content (AvgIpc) is 2.66. The van der Waals surface area contributed by atoms with E-state index >= 15 is 0 Å². The monoisotopic (exact) mass is 348 g/mol. The molecule has 3 aromatic rings. The summed E-state index contributed by atoms with van der Waals surface area (Å²) in [6.45, 7) is 2.19. The van der Waals surface area contributed by atoms with Gasteiger partial charge in [-0.25, -0.2) is 0 Å². The van der Waals surface area contributed by atoms with Crippen molar-refractivity contribution >= 4 is 11.6 Å². The molecule has 1 aromatic heterocycles. The van der Waals surface area contributed by atoms with Crippen LogP contribution in [0.3, 0.4) is 0 Å². The number of amides is 1. The van der Waals surface area contributed by atoms with Crippen molar-refractivity contribution < 1.29 is 9.53 Å². The maximum atomic E-state index is 12.1. The number of aryl methyl sites for hydroxylation is 1. The quantitative estimate of drug-likeness (QED) is 0.743. The van der Waals surface area contributed by atoms with Crippen LogP contribution in [0.5, 0.6) is 5.75 Å². The number of hydrogen-bond acceptors (Lipinski definition) is 3. The number of ether oxygens (including phenoxy) is 1. The zero-order valence-corrected chi connectivity index (χ0v) is 14.5. The van der Waals surface area contributed by atoms with Gasteiger partial charge in [0, 0.05) is 17.4 Å². The molecule has 26 heavy (non-hydrogen) atoms. The molecule has 0 unspecified atom stereocenters. The Labute approximate surface area is 151 Å². The zero-order chi connectivity index (χ0) is 18.4. The molecule has 0 bridgehead atoms. The first-order valence-electron chi connectivity index (χ1n) is 8.34. The summed E-state index contributed by atoms with van der Waals surface area (Å²) in [4.78, 5) is 24.1. The Bertz CT molecular complexity index is 931. The van der Waals surface area contributed by atoms with E-state index in [2.05, 4.69) is 5.32 Å². The Balaban J connectivity index is 1.56. The molecule has 5 nitrogen and oxygen atoms in total. The van der Waals surface area contributed by atoms with Crippen molar-refractivity contribution in [2.45, 2.75) is 20.1 Å². The van der Waals surface area contributed by atoms with E-state index in [-0.39, 0.29) is 18.0 Å². The first-order valence-corrected chi connectivity index (χ1v) is 8.34. The van der Waals surface area contributed by atoms with E-state index in [1.165, 1.54) is 4.57 Å². The number of carbonyl (C=O) groups excluding carboxylic acids is 1. The van der Waals surface area contributed by atoms with Crippen LogP contribution in [-0.2, 0) is 17.9 Å². The number of aromatic nitrogens is 1. The first-order chi connectivity index (χ1) is 12.6. The lowest BCUT2D eigenvalue weighted by molar-refractivity contribution is -0.116. The Morgan fingerprint density at radius 3 is 2.46 bits per heavy atom. The molecule has 0 aliphatic heterocycles. The fourth-order valence-corrected chi connectivity index (χ4v) is 2.51. The van der Waals surface area contributed by atoms with Gasteiger partial charge in [-0.05, 0) is 42.8 Å². The van der Waals surface area contributed by atoms with Gasteiger partial charge in [-0.3, -0.25) is 9.59 Å². The smallest absolute Gasteiger partial charge is 0.253 e.